The van der Waals surface area contributed by atoms with Crippen molar-refractivity contribution in [3.8, 4) is 6.01 Å². The van der Waals surface area contributed by atoms with Crippen molar-refractivity contribution >= 4 is 45.1 Å². The molecule has 1 heterocycles. The Morgan fingerprint density at radius 1 is 1.37 bits per heavy atom. The molecule has 0 atom stereocenters. The Balaban J connectivity index is 2.39. The summed E-state index contributed by atoms with van der Waals surface area (Å²) < 4.78 is 18.4. The Hall–Kier alpha value is -1.67. The molecule has 9 heteroatoms. The summed E-state index contributed by atoms with van der Waals surface area (Å²) in [6.07, 6.45) is 0. The van der Waals surface area contributed by atoms with E-state index in [1.165, 1.54) is 13.2 Å². The maximum atomic E-state index is 13.1. The summed E-state index contributed by atoms with van der Waals surface area (Å²) >= 11 is 9.12. The van der Waals surface area contributed by atoms with E-state index in [0.29, 0.717) is 10.2 Å². The van der Waals surface area contributed by atoms with Gasteiger partial charge in [-0.1, -0.05) is 11.6 Å². The third-order valence-corrected chi connectivity index (χ3v) is 2.98. The molecule has 0 bridgehead atoms. The van der Waals surface area contributed by atoms with Gasteiger partial charge in [0.2, 0.25) is 11.9 Å². The number of hydrogen-bond acceptors (Lipinski definition) is 6. The van der Waals surface area contributed by atoms with Crippen LogP contribution < -0.4 is 15.8 Å². The van der Waals surface area contributed by atoms with Gasteiger partial charge in [0.05, 0.1) is 17.8 Å². The second kappa shape index (κ2) is 5.54. The molecule has 0 amide bonds. The van der Waals surface area contributed by atoms with Gasteiger partial charge < -0.3 is 15.8 Å². The summed E-state index contributed by atoms with van der Waals surface area (Å²) in [5.74, 6) is -0.336. The van der Waals surface area contributed by atoms with Gasteiger partial charge in [-0.25, -0.2) is 4.39 Å². The van der Waals surface area contributed by atoms with E-state index >= 15 is 0 Å². The number of methoxy groups -OCH3 is 1. The van der Waals surface area contributed by atoms with Crippen molar-refractivity contribution in [1.29, 1.82) is 0 Å². The lowest BCUT2D eigenvalue weighted by Crippen LogP contribution is -2.05. The summed E-state index contributed by atoms with van der Waals surface area (Å²) in [5, 5.41) is 2.99. The highest BCUT2D eigenvalue weighted by atomic mass is 79.9. The van der Waals surface area contributed by atoms with Crippen LogP contribution in [-0.4, -0.2) is 22.1 Å². The normalized spacial score (nSPS) is 10.3. The highest BCUT2D eigenvalue weighted by Crippen LogP contribution is 2.33. The lowest BCUT2D eigenvalue weighted by atomic mass is 10.3. The van der Waals surface area contributed by atoms with Crippen LogP contribution in [0, 0.1) is 5.82 Å². The number of ether oxygens (including phenoxy) is 1. The number of rotatable bonds is 3. The van der Waals surface area contributed by atoms with Crippen LogP contribution in [0.25, 0.3) is 0 Å². The van der Waals surface area contributed by atoms with Crippen LogP contribution in [0.3, 0.4) is 0 Å². The van der Waals surface area contributed by atoms with Crippen molar-refractivity contribution < 1.29 is 9.13 Å². The first-order valence-electron chi connectivity index (χ1n) is 4.96. The Morgan fingerprint density at radius 3 is 2.74 bits per heavy atom. The molecule has 0 unspecified atom stereocenters. The summed E-state index contributed by atoms with van der Waals surface area (Å²) in [6, 6.07) is 2.48. The molecule has 0 aliphatic heterocycles. The maximum Gasteiger partial charge on any atom is 0.322 e. The zero-order valence-electron chi connectivity index (χ0n) is 9.62. The summed E-state index contributed by atoms with van der Waals surface area (Å²) in [4.78, 5) is 11.6. The zero-order valence-corrected chi connectivity index (χ0v) is 12.0. The molecule has 6 nitrogen and oxygen atoms in total. The largest absolute Gasteiger partial charge is 0.467 e. The van der Waals surface area contributed by atoms with Crippen LogP contribution in [0.4, 0.5) is 22.0 Å². The molecule has 2 rings (SSSR count). The lowest BCUT2D eigenvalue weighted by Gasteiger charge is -2.10. The molecule has 0 spiro atoms. The van der Waals surface area contributed by atoms with Gasteiger partial charge in [0.15, 0.2) is 0 Å². The van der Waals surface area contributed by atoms with Crippen molar-refractivity contribution in [2.24, 2.45) is 0 Å². The molecule has 3 N–H and O–H groups in total. The van der Waals surface area contributed by atoms with Gasteiger partial charge in [0.1, 0.15) is 5.82 Å². The number of hydrogen-bond donors (Lipinski definition) is 2. The Bertz CT molecular complexity index is 604. The first-order valence-corrected chi connectivity index (χ1v) is 6.14. The van der Waals surface area contributed by atoms with E-state index in [2.05, 4.69) is 36.2 Å². The van der Waals surface area contributed by atoms with Crippen molar-refractivity contribution in [3.63, 3.8) is 0 Å². The molecular weight excluding hydrogens is 340 g/mol. The number of nitrogens with one attached hydrogen (secondary N) is 1. The highest BCUT2D eigenvalue weighted by Gasteiger charge is 2.11. The first-order chi connectivity index (χ1) is 8.99. The second-order valence-electron chi connectivity index (χ2n) is 3.37. The number of halogens is 3. The standard InChI is InChI=1S/C10H8BrClFN5O/c1-19-10-17-8(14)16-9(18-10)15-7-5(11)2-4(13)3-6(7)12/h2-3H,1H3,(H3,14,15,16,17,18). The minimum absolute atomic E-state index is 0.0105. The average molecular weight is 349 g/mol. The highest BCUT2D eigenvalue weighted by molar-refractivity contribution is 9.10. The van der Waals surface area contributed by atoms with Crippen LogP contribution in [0.5, 0.6) is 6.01 Å². The van der Waals surface area contributed by atoms with E-state index in [1.54, 1.807) is 0 Å². The molecular formula is C10H8BrClFN5O. The molecule has 100 valence electrons. The molecule has 19 heavy (non-hydrogen) atoms. The molecule has 0 saturated heterocycles. The van der Waals surface area contributed by atoms with Gasteiger partial charge >= 0.3 is 6.01 Å². The maximum absolute atomic E-state index is 13.1. The van der Waals surface area contributed by atoms with Gasteiger partial charge in [0.25, 0.3) is 0 Å². The molecule has 0 fully saturated rings. The van der Waals surface area contributed by atoms with E-state index in [-0.39, 0.29) is 22.9 Å². The summed E-state index contributed by atoms with van der Waals surface area (Å²) in [6.45, 7) is 0. The van der Waals surface area contributed by atoms with E-state index in [1.807, 2.05) is 0 Å². The molecule has 0 saturated carbocycles. The molecule has 0 radical (unpaired) electrons. The fourth-order valence-electron chi connectivity index (χ4n) is 1.29. The van der Waals surface area contributed by atoms with E-state index < -0.39 is 5.82 Å². The minimum Gasteiger partial charge on any atom is -0.467 e. The lowest BCUT2D eigenvalue weighted by molar-refractivity contribution is 0.380. The predicted molar refractivity (Wildman–Crippen MR) is 73.2 cm³/mol. The molecule has 0 aliphatic carbocycles. The topological polar surface area (TPSA) is 86.0 Å². The van der Waals surface area contributed by atoms with Gasteiger partial charge in [-0.15, -0.1) is 0 Å². The van der Waals surface area contributed by atoms with Crippen LogP contribution >= 0.6 is 27.5 Å². The van der Waals surface area contributed by atoms with E-state index in [9.17, 15) is 4.39 Å². The fraction of sp³-hybridized carbons (Fsp3) is 0.100. The van der Waals surface area contributed by atoms with Crippen molar-refractivity contribution in [2.75, 3.05) is 18.2 Å². The minimum atomic E-state index is -0.463. The molecule has 1 aromatic heterocycles. The second-order valence-corrected chi connectivity index (χ2v) is 4.63. The van der Waals surface area contributed by atoms with Crippen molar-refractivity contribution in [3.05, 3.63) is 27.4 Å². The van der Waals surface area contributed by atoms with Gasteiger partial charge in [-0.3, -0.25) is 0 Å². The number of nitrogens with two attached hydrogens (primary N) is 1. The number of aromatic nitrogens is 3. The van der Waals surface area contributed by atoms with Crippen LogP contribution in [0.2, 0.25) is 5.02 Å². The number of anilines is 3. The third kappa shape index (κ3) is 3.21. The van der Waals surface area contributed by atoms with Crippen LogP contribution in [-0.2, 0) is 0 Å². The molecule has 1 aromatic carbocycles. The predicted octanol–water partition coefficient (Wildman–Crippen LogP) is 2.76. The smallest absolute Gasteiger partial charge is 0.322 e. The van der Waals surface area contributed by atoms with E-state index in [0.717, 1.165) is 6.07 Å². The van der Waals surface area contributed by atoms with Gasteiger partial charge in [-0.2, -0.15) is 15.0 Å². The zero-order chi connectivity index (χ0) is 14.0. The third-order valence-electron chi connectivity index (χ3n) is 2.06. The fourth-order valence-corrected chi connectivity index (χ4v) is 2.19. The Morgan fingerprint density at radius 2 is 2.11 bits per heavy atom. The van der Waals surface area contributed by atoms with E-state index in [4.69, 9.17) is 22.1 Å². The van der Waals surface area contributed by atoms with Gasteiger partial charge in [-0.05, 0) is 28.1 Å². The monoisotopic (exact) mass is 347 g/mol. The quantitative estimate of drug-likeness (QED) is 0.887. The Labute approximate surface area is 121 Å². The van der Waals surface area contributed by atoms with Crippen molar-refractivity contribution in [2.45, 2.75) is 0 Å². The average Bonchev–Trinajstić information content (AvgIpc) is 2.33. The van der Waals surface area contributed by atoms with Crippen LogP contribution in [0.15, 0.2) is 16.6 Å². The van der Waals surface area contributed by atoms with Crippen molar-refractivity contribution in [1.82, 2.24) is 15.0 Å². The van der Waals surface area contributed by atoms with Crippen LogP contribution in [0.1, 0.15) is 0 Å². The Kier molecular flexibility index (Phi) is 4.01. The summed E-state index contributed by atoms with van der Waals surface area (Å²) in [5.41, 5.74) is 5.91. The van der Waals surface area contributed by atoms with Gasteiger partial charge in [0, 0.05) is 4.47 Å². The number of benzene rings is 1. The molecule has 2 aromatic rings. The first kappa shape index (κ1) is 13.8. The molecule has 0 aliphatic rings. The SMILES string of the molecule is COc1nc(N)nc(Nc2c(Cl)cc(F)cc2Br)n1. The number of nitrogen functional groups attached to an aromatic ring is 1. The number of nitrogens with zero attached hydrogens (tertiary/aromatic N) is 3. The summed E-state index contributed by atoms with van der Waals surface area (Å²) in [7, 11) is 1.40.